The van der Waals surface area contributed by atoms with Gasteiger partial charge in [0.05, 0.1) is 24.6 Å². The van der Waals surface area contributed by atoms with Crippen molar-refractivity contribution in [2.75, 3.05) is 23.7 Å². The first-order valence-electron chi connectivity index (χ1n) is 7.75. The Morgan fingerprint density at radius 1 is 1.26 bits per heavy atom. The zero-order valence-corrected chi connectivity index (χ0v) is 15.0. The van der Waals surface area contributed by atoms with E-state index in [4.69, 9.17) is 4.74 Å². The van der Waals surface area contributed by atoms with Crippen molar-refractivity contribution in [3.8, 4) is 5.75 Å². The Morgan fingerprint density at radius 2 is 1.87 bits per heavy atom. The highest BCUT2D eigenvalue weighted by molar-refractivity contribution is 7.92. The number of nitrogens with one attached hydrogen (secondary N) is 1. The smallest absolute Gasteiger partial charge is 0.232 e. The molecule has 0 fully saturated rings. The maximum absolute atomic E-state index is 12.0. The lowest BCUT2D eigenvalue weighted by Crippen LogP contribution is -2.38. The molecular weight excluding hydrogens is 316 g/mol. The van der Waals surface area contributed by atoms with Crippen molar-refractivity contribution < 1.29 is 17.9 Å². The number of anilines is 1. The quantitative estimate of drug-likeness (QED) is 0.746. The number of carbonyl (C=O) groups is 1. The van der Waals surface area contributed by atoms with Crippen molar-refractivity contribution >= 4 is 21.6 Å². The third kappa shape index (κ3) is 6.90. The normalized spacial score (nSPS) is 11.3. The van der Waals surface area contributed by atoms with Crippen LogP contribution in [0.1, 0.15) is 33.6 Å². The molecule has 130 valence electrons. The lowest BCUT2D eigenvalue weighted by atomic mass is 10.3. The van der Waals surface area contributed by atoms with Gasteiger partial charge in [0, 0.05) is 13.0 Å². The summed E-state index contributed by atoms with van der Waals surface area (Å²) in [7, 11) is -3.42. The molecule has 0 aliphatic heterocycles. The van der Waals surface area contributed by atoms with E-state index >= 15 is 0 Å². The van der Waals surface area contributed by atoms with Crippen molar-refractivity contribution in [2.45, 2.75) is 39.7 Å². The number of carbonyl (C=O) groups excluding carboxylic acids is 1. The molecule has 0 aliphatic rings. The van der Waals surface area contributed by atoms with Gasteiger partial charge in [0.2, 0.25) is 15.9 Å². The van der Waals surface area contributed by atoms with Gasteiger partial charge in [-0.2, -0.15) is 0 Å². The fourth-order valence-corrected chi connectivity index (χ4v) is 2.99. The van der Waals surface area contributed by atoms with Gasteiger partial charge in [-0.3, -0.25) is 9.10 Å². The molecule has 23 heavy (non-hydrogen) atoms. The maximum Gasteiger partial charge on any atom is 0.232 e. The summed E-state index contributed by atoms with van der Waals surface area (Å²) < 4.78 is 30.8. The van der Waals surface area contributed by atoms with E-state index in [2.05, 4.69) is 5.32 Å². The van der Waals surface area contributed by atoms with Gasteiger partial charge in [0.25, 0.3) is 0 Å². The molecule has 0 bridgehead atoms. The first-order valence-corrected chi connectivity index (χ1v) is 9.60. The van der Waals surface area contributed by atoms with Crippen molar-refractivity contribution in [1.29, 1.82) is 0 Å². The third-order valence-corrected chi connectivity index (χ3v) is 4.21. The van der Waals surface area contributed by atoms with E-state index in [0.29, 0.717) is 17.9 Å². The average Bonchev–Trinajstić information content (AvgIpc) is 2.43. The SMILES string of the molecule is CCCC(=O)NCCN(c1ccc(OC(C)C)cc1)S(C)(=O)=O. The molecule has 1 amide bonds. The second-order valence-corrected chi connectivity index (χ2v) is 7.50. The number of hydrogen-bond acceptors (Lipinski definition) is 4. The Kier molecular flexibility index (Phi) is 7.35. The highest BCUT2D eigenvalue weighted by atomic mass is 32.2. The topological polar surface area (TPSA) is 75.7 Å². The number of benzene rings is 1. The number of rotatable bonds is 9. The first kappa shape index (κ1) is 19.3. The summed E-state index contributed by atoms with van der Waals surface area (Å²) in [6.07, 6.45) is 2.42. The van der Waals surface area contributed by atoms with Gasteiger partial charge in [0.15, 0.2) is 0 Å². The summed E-state index contributed by atoms with van der Waals surface area (Å²) in [6.45, 7) is 6.24. The summed E-state index contributed by atoms with van der Waals surface area (Å²) >= 11 is 0. The van der Waals surface area contributed by atoms with E-state index in [1.807, 2.05) is 20.8 Å². The van der Waals surface area contributed by atoms with Crippen LogP contribution >= 0.6 is 0 Å². The maximum atomic E-state index is 12.0. The summed E-state index contributed by atoms with van der Waals surface area (Å²) in [5.74, 6) is 0.620. The largest absolute Gasteiger partial charge is 0.491 e. The van der Waals surface area contributed by atoms with Crippen molar-refractivity contribution in [3.05, 3.63) is 24.3 Å². The van der Waals surface area contributed by atoms with Crippen LogP contribution in [-0.2, 0) is 14.8 Å². The van der Waals surface area contributed by atoms with Crippen LogP contribution in [0.25, 0.3) is 0 Å². The molecule has 0 radical (unpaired) electrons. The van der Waals surface area contributed by atoms with E-state index in [1.165, 1.54) is 4.31 Å². The van der Waals surface area contributed by atoms with Crippen LogP contribution in [-0.4, -0.2) is 39.8 Å². The molecule has 1 rings (SSSR count). The second-order valence-electron chi connectivity index (χ2n) is 5.60. The van der Waals surface area contributed by atoms with Crippen LogP contribution in [0.15, 0.2) is 24.3 Å². The van der Waals surface area contributed by atoms with Crippen molar-refractivity contribution in [2.24, 2.45) is 0 Å². The lowest BCUT2D eigenvalue weighted by Gasteiger charge is -2.23. The molecular formula is C16H26N2O4S. The number of ether oxygens (including phenoxy) is 1. The molecule has 0 saturated heterocycles. The minimum atomic E-state index is -3.42. The molecule has 0 spiro atoms. The fourth-order valence-electron chi connectivity index (χ4n) is 2.06. The van der Waals surface area contributed by atoms with E-state index in [1.54, 1.807) is 24.3 Å². The van der Waals surface area contributed by atoms with Gasteiger partial charge in [-0.05, 0) is 44.5 Å². The van der Waals surface area contributed by atoms with Crippen LogP contribution in [0.5, 0.6) is 5.75 Å². The summed E-state index contributed by atoms with van der Waals surface area (Å²) in [6, 6.07) is 6.88. The van der Waals surface area contributed by atoms with Gasteiger partial charge in [-0.25, -0.2) is 8.42 Å². The number of sulfonamides is 1. The highest BCUT2D eigenvalue weighted by Crippen LogP contribution is 2.22. The molecule has 1 aromatic carbocycles. The van der Waals surface area contributed by atoms with Crippen molar-refractivity contribution in [1.82, 2.24) is 5.32 Å². The predicted octanol–water partition coefficient (Wildman–Crippen LogP) is 2.16. The van der Waals surface area contributed by atoms with Crippen molar-refractivity contribution in [3.63, 3.8) is 0 Å². The van der Waals surface area contributed by atoms with Gasteiger partial charge in [0.1, 0.15) is 5.75 Å². The molecule has 0 unspecified atom stereocenters. The molecule has 1 aromatic rings. The number of hydrogen-bond donors (Lipinski definition) is 1. The van der Waals surface area contributed by atoms with E-state index < -0.39 is 10.0 Å². The standard InChI is InChI=1S/C16H26N2O4S/c1-5-6-16(19)17-11-12-18(23(4,20)21)14-7-9-15(10-8-14)22-13(2)3/h7-10,13H,5-6,11-12H2,1-4H3,(H,17,19). The minimum absolute atomic E-state index is 0.0561. The van der Waals surface area contributed by atoms with Crippen LogP contribution in [0.3, 0.4) is 0 Å². The van der Waals surface area contributed by atoms with E-state index in [-0.39, 0.29) is 25.1 Å². The average molecular weight is 342 g/mol. The van der Waals surface area contributed by atoms with Gasteiger partial charge in [-0.1, -0.05) is 6.92 Å². The van der Waals surface area contributed by atoms with Gasteiger partial charge < -0.3 is 10.1 Å². The first-order chi connectivity index (χ1) is 10.7. The van der Waals surface area contributed by atoms with Crippen LogP contribution in [0, 0.1) is 0 Å². The number of amides is 1. The summed E-state index contributed by atoms with van der Waals surface area (Å²) in [5, 5.41) is 2.72. The van der Waals surface area contributed by atoms with Gasteiger partial charge >= 0.3 is 0 Å². The van der Waals surface area contributed by atoms with Crippen LogP contribution in [0.2, 0.25) is 0 Å². The molecule has 6 nitrogen and oxygen atoms in total. The number of nitrogens with zero attached hydrogens (tertiary/aromatic N) is 1. The van der Waals surface area contributed by atoms with Crippen LogP contribution < -0.4 is 14.4 Å². The van der Waals surface area contributed by atoms with E-state index in [0.717, 1.165) is 12.7 Å². The fraction of sp³-hybridized carbons (Fsp3) is 0.562. The zero-order chi connectivity index (χ0) is 17.5. The zero-order valence-electron chi connectivity index (χ0n) is 14.2. The molecule has 7 heteroatoms. The predicted molar refractivity (Wildman–Crippen MR) is 92.3 cm³/mol. The van der Waals surface area contributed by atoms with E-state index in [9.17, 15) is 13.2 Å². The monoisotopic (exact) mass is 342 g/mol. The second kappa shape index (κ2) is 8.76. The van der Waals surface area contributed by atoms with Gasteiger partial charge in [-0.15, -0.1) is 0 Å². The summed E-state index contributed by atoms with van der Waals surface area (Å²) in [4.78, 5) is 11.5. The lowest BCUT2D eigenvalue weighted by molar-refractivity contribution is -0.121. The molecule has 0 saturated carbocycles. The Labute approximate surface area is 138 Å². The molecule has 0 aliphatic carbocycles. The third-order valence-electron chi connectivity index (χ3n) is 3.01. The molecule has 0 atom stereocenters. The molecule has 0 aromatic heterocycles. The highest BCUT2D eigenvalue weighted by Gasteiger charge is 2.17. The molecule has 0 heterocycles. The Hall–Kier alpha value is -1.76. The Balaban J connectivity index is 2.77. The summed E-state index contributed by atoms with van der Waals surface area (Å²) in [5.41, 5.74) is 0.549. The Morgan fingerprint density at radius 3 is 2.35 bits per heavy atom. The minimum Gasteiger partial charge on any atom is -0.491 e. The Bertz CT molecular complexity index is 597. The van der Waals surface area contributed by atoms with Crippen LogP contribution in [0.4, 0.5) is 5.69 Å². The molecule has 1 N–H and O–H groups in total.